The van der Waals surface area contributed by atoms with E-state index in [1.165, 1.54) is 23.5 Å². The molecule has 1 heterocycles. The Balaban J connectivity index is 1.97. The first kappa shape index (κ1) is 13.4. The van der Waals surface area contributed by atoms with Crippen LogP contribution in [0.1, 0.15) is 5.56 Å². The Labute approximate surface area is 123 Å². The number of nitrogens with zero attached hydrogens (tertiary/aromatic N) is 2. The van der Waals surface area contributed by atoms with Crippen LogP contribution in [0.2, 0.25) is 0 Å². The van der Waals surface area contributed by atoms with Crippen LogP contribution in [0, 0.1) is 23.0 Å². The van der Waals surface area contributed by atoms with Gasteiger partial charge >= 0.3 is 0 Å². The minimum atomic E-state index is -0.625. The minimum Gasteiger partial charge on any atom is -0.236 e. The normalized spacial score (nSPS) is 10.3. The summed E-state index contributed by atoms with van der Waals surface area (Å²) in [6.07, 6.45) is 0. The lowest BCUT2D eigenvalue weighted by Crippen LogP contribution is -1.84. The smallest absolute Gasteiger partial charge is 0.126 e. The topological polar surface area (TPSA) is 36.7 Å². The highest BCUT2D eigenvalue weighted by Crippen LogP contribution is 2.29. The zero-order valence-electron chi connectivity index (χ0n) is 10.7. The molecule has 0 radical (unpaired) electrons. The highest BCUT2D eigenvalue weighted by Gasteiger charge is 2.09. The first-order chi connectivity index (χ1) is 10.2. The molecule has 0 bridgehead atoms. The molecule has 0 saturated carbocycles. The standard InChI is InChI=1S/C16H8F2N2S/c17-13-5-12(6-14(18)7-13)16-20-15(9-21-16)11-3-1-10(8-19)2-4-11/h1-7,9H. The average molecular weight is 298 g/mol. The highest BCUT2D eigenvalue weighted by molar-refractivity contribution is 7.13. The van der Waals surface area contributed by atoms with E-state index in [4.69, 9.17) is 5.26 Å². The summed E-state index contributed by atoms with van der Waals surface area (Å²) in [6.45, 7) is 0. The fourth-order valence-electron chi connectivity index (χ4n) is 1.93. The molecule has 0 atom stereocenters. The average Bonchev–Trinajstić information content (AvgIpc) is 2.96. The molecule has 102 valence electrons. The van der Waals surface area contributed by atoms with Gasteiger partial charge in [0.2, 0.25) is 0 Å². The molecule has 0 saturated heterocycles. The number of rotatable bonds is 2. The molecule has 0 unspecified atom stereocenters. The van der Waals surface area contributed by atoms with Crippen LogP contribution in [-0.4, -0.2) is 4.98 Å². The summed E-state index contributed by atoms with van der Waals surface area (Å²) >= 11 is 1.32. The number of halogens is 2. The first-order valence-corrected chi connectivity index (χ1v) is 6.96. The number of thiazole rings is 1. The molecule has 0 spiro atoms. The second kappa shape index (κ2) is 5.43. The molecular formula is C16H8F2N2S. The second-order valence-corrected chi connectivity index (χ2v) is 5.24. The van der Waals surface area contributed by atoms with E-state index >= 15 is 0 Å². The Hall–Kier alpha value is -2.58. The number of aromatic nitrogens is 1. The van der Waals surface area contributed by atoms with E-state index in [2.05, 4.69) is 4.98 Å². The van der Waals surface area contributed by atoms with Gasteiger partial charge < -0.3 is 0 Å². The van der Waals surface area contributed by atoms with Crippen LogP contribution in [0.3, 0.4) is 0 Å². The maximum absolute atomic E-state index is 13.2. The van der Waals surface area contributed by atoms with Crippen molar-refractivity contribution in [3.63, 3.8) is 0 Å². The third-order valence-electron chi connectivity index (χ3n) is 2.92. The van der Waals surface area contributed by atoms with Crippen molar-refractivity contribution in [1.29, 1.82) is 5.26 Å². The third kappa shape index (κ3) is 2.81. The Kier molecular flexibility index (Phi) is 3.46. The summed E-state index contributed by atoms with van der Waals surface area (Å²) in [4.78, 5) is 4.39. The molecule has 21 heavy (non-hydrogen) atoms. The summed E-state index contributed by atoms with van der Waals surface area (Å²) in [6, 6.07) is 12.4. The summed E-state index contributed by atoms with van der Waals surface area (Å²) in [5.74, 6) is -1.25. The second-order valence-electron chi connectivity index (χ2n) is 4.39. The maximum Gasteiger partial charge on any atom is 0.126 e. The molecule has 0 aliphatic rings. The number of hydrogen-bond donors (Lipinski definition) is 0. The predicted molar refractivity (Wildman–Crippen MR) is 77.6 cm³/mol. The molecule has 3 rings (SSSR count). The van der Waals surface area contributed by atoms with Crippen molar-refractivity contribution in [3.05, 3.63) is 65.0 Å². The van der Waals surface area contributed by atoms with E-state index < -0.39 is 11.6 Å². The molecule has 0 N–H and O–H groups in total. The zero-order chi connectivity index (χ0) is 14.8. The molecule has 2 aromatic carbocycles. The molecule has 0 amide bonds. The van der Waals surface area contributed by atoms with Gasteiger partial charge in [-0.05, 0) is 24.3 Å². The van der Waals surface area contributed by atoms with Crippen LogP contribution in [0.25, 0.3) is 21.8 Å². The van der Waals surface area contributed by atoms with Crippen molar-refractivity contribution < 1.29 is 8.78 Å². The lowest BCUT2D eigenvalue weighted by molar-refractivity contribution is 0.584. The van der Waals surface area contributed by atoms with Crippen LogP contribution < -0.4 is 0 Å². The van der Waals surface area contributed by atoms with Crippen LogP contribution in [0.15, 0.2) is 47.8 Å². The Bertz CT molecular complexity index is 812. The SMILES string of the molecule is N#Cc1ccc(-c2csc(-c3cc(F)cc(F)c3)n2)cc1. The van der Waals surface area contributed by atoms with Gasteiger partial charge in [-0.3, -0.25) is 0 Å². The van der Waals surface area contributed by atoms with Crippen molar-refractivity contribution in [1.82, 2.24) is 4.98 Å². The van der Waals surface area contributed by atoms with Crippen LogP contribution in [-0.2, 0) is 0 Å². The summed E-state index contributed by atoms with van der Waals surface area (Å²) in [5.41, 5.74) is 2.55. The molecule has 0 aliphatic carbocycles. The largest absolute Gasteiger partial charge is 0.236 e. The van der Waals surface area contributed by atoms with Crippen LogP contribution >= 0.6 is 11.3 Å². The molecule has 0 fully saturated rings. The van der Waals surface area contributed by atoms with Crippen molar-refractivity contribution in [3.8, 4) is 27.9 Å². The van der Waals surface area contributed by atoms with Crippen LogP contribution in [0.4, 0.5) is 8.78 Å². The highest BCUT2D eigenvalue weighted by atomic mass is 32.1. The van der Waals surface area contributed by atoms with Gasteiger partial charge in [0.25, 0.3) is 0 Å². The van der Waals surface area contributed by atoms with E-state index in [-0.39, 0.29) is 0 Å². The lowest BCUT2D eigenvalue weighted by Gasteiger charge is -1.98. The molecule has 3 aromatic rings. The van der Waals surface area contributed by atoms with E-state index in [0.29, 0.717) is 21.8 Å². The number of nitriles is 1. The monoisotopic (exact) mass is 298 g/mol. The molecule has 0 aliphatic heterocycles. The van der Waals surface area contributed by atoms with Gasteiger partial charge in [0.15, 0.2) is 0 Å². The van der Waals surface area contributed by atoms with E-state index in [9.17, 15) is 8.78 Å². The molecule has 5 heteroatoms. The Morgan fingerprint density at radius 3 is 2.24 bits per heavy atom. The van der Waals surface area contributed by atoms with Crippen molar-refractivity contribution in [2.45, 2.75) is 0 Å². The van der Waals surface area contributed by atoms with Gasteiger partial charge in [-0.15, -0.1) is 11.3 Å². The number of benzene rings is 2. The Morgan fingerprint density at radius 1 is 0.952 bits per heavy atom. The van der Waals surface area contributed by atoms with Crippen molar-refractivity contribution >= 4 is 11.3 Å². The fourth-order valence-corrected chi connectivity index (χ4v) is 2.75. The third-order valence-corrected chi connectivity index (χ3v) is 3.81. The zero-order valence-corrected chi connectivity index (χ0v) is 11.5. The van der Waals surface area contributed by atoms with Gasteiger partial charge in [0.1, 0.15) is 16.6 Å². The first-order valence-electron chi connectivity index (χ1n) is 6.08. The van der Waals surface area contributed by atoms with Gasteiger partial charge in [-0.1, -0.05) is 12.1 Å². The minimum absolute atomic E-state index is 0.414. The maximum atomic E-state index is 13.2. The number of hydrogen-bond acceptors (Lipinski definition) is 3. The predicted octanol–water partition coefficient (Wildman–Crippen LogP) is 4.63. The van der Waals surface area contributed by atoms with E-state index in [0.717, 1.165) is 11.6 Å². The van der Waals surface area contributed by atoms with Crippen molar-refractivity contribution in [2.75, 3.05) is 0 Å². The van der Waals surface area contributed by atoms with Gasteiger partial charge in [-0.2, -0.15) is 5.26 Å². The Morgan fingerprint density at radius 2 is 1.62 bits per heavy atom. The summed E-state index contributed by atoms with van der Waals surface area (Å²) in [7, 11) is 0. The van der Waals surface area contributed by atoms with Crippen molar-refractivity contribution in [2.24, 2.45) is 0 Å². The summed E-state index contributed by atoms with van der Waals surface area (Å²) < 4.78 is 26.5. The van der Waals surface area contributed by atoms with E-state index in [1.54, 1.807) is 24.3 Å². The summed E-state index contributed by atoms with van der Waals surface area (Å²) in [5, 5.41) is 11.1. The quantitative estimate of drug-likeness (QED) is 0.691. The van der Waals surface area contributed by atoms with Crippen LogP contribution in [0.5, 0.6) is 0 Å². The molecular weight excluding hydrogens is 290 g/mol. The fraction of sp³-hybridized carbons (Fsp3) is 0. The van der Waals surface area contributed by atoms with Gasteiger partial charge in [-0.25, -0.2) is 13.8 Å². The lowest BCUT2D eigenvalue weighted by atomic mass is 10.1. The molecule has 2 nitrogen and oxygen atoms in total. The van der Waals surface area contributed by atoms with Gasteiger partial charge in [0, 0.05) is 22.6 Å². The molecule has 1 aromatic heterocycles. The van der Waals surface area contributed by atoms with Gasteiger partial charge in [0.05, 0.1) is 17.3 Å². The van der Waals surface area contributed by atoms with E-state index in [1.807, 2.05) is 11.4 Å².